The van der Waals surface area contributed by atoms with E-state index in [0.717, 1.165) is 38.3 Å². The molecule has 0 N–H and O–H groups in total. The highest BCUT2D eigenvalue weighted by Gasteiger charge is 2.29. The fourth-order valence-corrected chi connectivity index (χ4v) is 4.33. The van der Waals surface area contributed by atoms with E-state index in [-0.39, 0.29) is 32.8 Å². The van der Waals surface area contributed by atoms with Crippen LogP contribution in [-0.4, -0.2) is 36.8 Å². The lowest BCUT2D eigenvalue weighted by atomic mass is 10.1. The number of benzene rings is 1. The fraction of sp³-hybridized carbons (Fsp3) is 0.583. The van der Waals surface area contributed by atoms with Gasteiger partial charge >= 0.3 is 0 Å². The number of carboxylic acid groups (broad SMARTS) is 1. The molecule has 2 heterocycles. The monoisotopic (exact) mass is 467 g/mol. The molecule has 182 valence electrons. The number of anilines is 1. The van der Waals surface area contributed by atoms with Gasteiger partial charge in [0, 0.05) is 25.8 Å². The Bertz CT molecular complexity index is 1050. The van der Waals surface area contributed by atoms with E-state index in [1.54, 1.807) is 0 Å². The number of hydrogen-bond acceptors (Lipinski definition) is 5. The molecule has 0 saturated carbocycles. The van der Waals surface area contributed by atoms with Crippen LogP contribution in [0.25, 0.3) is 10.9 Å². The van der Waals surface area contributed by atoms with Crippen molar-refractivity contribution in [3.05, 3.63) is 39.4 Å². The molecule has 0 bridgehead atoms. The van der Waals surface area contributed by atoms with Gasteiger partial charge in [-0.2, -0.15) is 0 Å². The lowest BCUT2D eigenvalue weighted by Crippen LogP contribution is -2.38. The molecule has 1 aromatic heterocycles. The zero-order valence-electron chi connectivity index (χ0n) is 18.9. The first-order valence-corrected chi connectivity index (χ1v) is 11.7. The average molecular weight is 468 g/mol. The van der Waals surface area contributed by atoms with Gasteiger partial charge in [-0.05, 0) is 6.42 Å². The number of carboxylic acids is 1. The van der Waals surface area contributed by atoms with E-state index in [1.807, 2.05) is 0 Å². The predicted octanol–water partition coefficient (Wildman–Crippen LogP) is 3.76. The molecule has 0 radical (unpaired) electrons. The summed E-state index contributed by atoms with van der Waals surface area (Å²) in [7, 11) is 0. The smallest absolute Gasteiger partial charge is 0.201 e. The summed E-state index contributed by atoms with van der Waals surface area (Å²) in [5.41, 5.74) is -3.10. The SMILES string of the molecule is CCCCCCCCCCn1cc(C(=O)[O-])c(=O)c2c(F)c(F)c(N3CCOCC3)c(F)c21. The number of rotatable bonds is 11. The van der Waals surface area contributed by atoms with E-state index in [2.05, 4.69) is 6.92 Å². The largest absolute Gasteiger partial charge is 0.545 e. The van der Waals surface area contributed by atoms with Crippen LogP contribution in [0.4, 0.5) is 18.9 Å². The summed E-state index contributed by atoms with van der Waals surface area (Å²) in [4.78, 5) is 25.4. The van der Waals surface area contributed by atoms with Gasteiger partial charge in [-0.3, -0.25) is 4.79 Å². The molecule has 2 aromatic rings. The Hall–Kier alpha value is -2.55. The summed E-state index contributed by atoms with van der Waals surface area (Å²) < 4.78 is 52.0. The van der Waals surface area contributed by atoms with Gasteiger partial charge in [-0.15, -0.1) is 0 Å². The maximum absolute atomic E-state index is 15.6. The molecule has 33 heavy (non-hydrogen) atoms. The van der Waals surface area contributed by atoms with Crippen molar-refractivity contribution in [2.24, 2.45) is 0 Å². The number of aryl methyl sites for hydroxylation is 1. The number of halogens is 3. The Morgan fingerprint density at radius 2 is 1.58 bits per heavy atom. The summed E-state index contributed by atoms with van der Waals surface area (Å²) in [6.45, 7) is 3.10. The van der Waals surface area contributed by atoms with Crippen molar-refractivity contribution in [2.75, 3.05) is 31.2 Å². The molecule has 0 aliphatic carbocycles. The van der Waals surface area contributed by atoms with E-state index in [0.29, 0.717) is 6.42 Å². The van der Waals surface area contributed by atoms with E-state index >= 15 is 8.78 Å². The molecule has 0 atom stereocenters. The van der Waals surface area contributed by atoms with Crippen molar-refractivity contribution in [3.63, 3.8) is 0 Å². The third kappa shape index (κ3) is 5.51. The minimum atomic E-state index is -1.82. The molecule has 0 unspecified atom stereocenters. The number of pyridine rings is 1. The summed E-state index contributed by atoms with van der Waals surface area (Å²) >= 11 is 0. The van der Waals surface area contributed by atoms with Crippen LogP contribution in [0.1, 0.15) is 68.6 Å². The Morgan fingerprint density at radius 3 is 2.18 bits per heavy atom. The Kier molecular flexibility index (Phi) is 8.77. The second kappa shape index (κ2) is 11.5. The summed E-state index contributed by atoms with van der Waals surface area (Å²) in [5, 5.41) is 10.6. The lowest BCUT2D eigenvalue weighted by Gasteiger charge is -2.30. The minimum Gasteiger partial charge on any atom is -0.545 e. The first-order valence-electron chi connectivity index (χ1n) is 11.7. The molecule has 1 aromatic carbocycles. The Labute approximate surface area is 190 Å². The first kappa shape index (κ1) is 25.1. The van der Waals surface area contributed by atoms with Crippen LogP contribution in [0, 0.1) is 17.5 Å². The van der Waals surface area contributed by atoms with Gasteiger partial charge in [0.1, 0.15) is 5.69 Å². The van der Waals surface area contributed by atoms with Gasteiger partial charge in [-0.1, -0.05) is 51.9 Å². The third-order valence-corrected chi connectivity index (χ3v) is 6.12. The molecule has 0 spiro atoms. The summed E-state index contributed by atoms with van der Waals surface area (Å²) in [6, 6.07) is 0. The van der Waals surface area contributed by atoms with Crippen molar-refractivity contribution in [1.29, 1.82) is 0 Å². The van der Waals surface area contributed by atoms with Crippen LogP contribution >= 0.6 is 0 Å². The molecule has 9 heteroatoms. The van der Waals surface area contributed by atoms with E-state index in [1.165, 1.54) is 22.3 Å². The van der Waals surface area contributed by atoms with E-state index in [9.17, 15) is 19.1 Å². The molecule has 3 rings (SSSR count). The number of unbranched alkanes of at least 4 members (excludes halogenated alkanes) is 7. The molecule has 1 saturated heterocycles. The Morgan fingerprint density at radius 1 is 0.970 bits per heavy atom. The van der Waals surface area contributed by atoms with Gasteiger partial charge in [0.15, 0.2) is 17.5 Å². The number of hydrogen-bond donors (Lipinski definition) is 0. The second-order valence-corrected chi connectivity index (χ2v) is 8.44. The highest BCUT2D eigenvalue weighted by atomic mass is 19.2. The fourth-order valence-electron chi connectivity index (χ4n) is 4.33. The van der Waals surface area contributed by atoms with Crippen LogP contribution < -0.4 is 15.4 Å². The van der Waals surface area contributed by atoms with Gasteiger partial charge in [-0.25, -0.2) is 13.2 Å². The van der Waals surface area contributed by atoms with Crippen LogP contribution in [0.3, 0.4) is 0 Å². The normalized spacial score (nSPS) is 14.2. The van der Waals surface area contributed by atoms with Crippen molar-refractivity contribution in [2.45, 2.75) is 64.8 Å². The standard InChI is InChI=1S/C24H31F3N2O4/c1-2-3-4-5-6-7-8-9-10-29-15-16(24(31)32)23(30)17-18(25)19(26)22(20(27)21(17)29)28-11-13-33-14-12-28/h15H,2-14H2,1H3,(H,31,32)/p-1. The highest BCUT2D eigenvalue weighted by molar-refractivity contribution is 5.93. The lowest BCUT2D eigenvalue weighted by molar-refractivity contribution is -0.255. The molecule has 0 amide bonds. The van der Waals surface area contributed by atoms with Crippen molar-refractivity contribution >= 4 is 22.6 Å². The van der Waals surface area contributed by atoms with Crippen molar-refractivity contribution < 1.29 is 27.8 Å². The Balaban J connectivity index is 1.97. The number of ether oxygens (including phenoxy) is 1. The van der Waals surface area contributed by atoms with Gasteiger partial charge in [0.25, 0.3) is 0 Å². The number of carbonyl (C=O) groups excluding carboxylic acids is 1. The van der Waals surface area contributed by atoms with Crippen LogP contribution in [-0.2, 0) is 11.3 Å². The summed E-state index contributed by atoms with van der Waals surface area (Å²) in [6.07, 6.45) is 9.04. The zero-order valence-corrected chi connectivity index (χ0v) is 18.9. The number of carbonyl (C=O) groups is 1. The maximum atomic E-state index is 15.6. The average Bonchev–Trinajstić information content (AvgIpc) is 2.80. The van der Waals surface area contributed by atoms with Crippen molar-refractivity contribution in [1.82, 2.24) is 4.57 Å². The highest BCUT2D eigenvalue weighted by Crippen LogP contribution is 2.33. The molecule has 1 aliphatic heterocycles. The summed E-state index contributed by atoms with van der Waals surface area (Å²) in [5.74, 6) is -5.95. The molecule has 1 fully saturated rings. The number of nitrogens with zero attached hydrogens (tertiary/aromatic N) is 2. The van der Waals surface area contributed by atoms with Crippen LogP contribution in [0.5, 0.6) is 0 Å². The quantitative estimate of drug-likeness (QED) is 0.372. The second-order valence-electron chi connectivity index (χ2n) is 8.44. The number of aromatic nitrogens is 1. The van der Waals surface area contributed by atoms with Gasteiger partial charge in [0.2, 0.25) is 5.43 Å². The first-order chi connectivity index (χ1) is 15.9. The van der Waals surface area contributed by atoms with Crippen molar-refractivity contribution in [3.8, 4) is 0 Å². The molecule has 1 aliphatic rings. The topological polar surface area (TPSA) is 74.6 Å². The van der Waals surface area contributed by atoms with E-state index in [4.69, 9.17) is 4.74 Å². The number of morpholine rings is 1. The maximum Gasteiger partial charge on any atom is 0.201 e. The molecule has 6 nitrogen and oxygen atoms in total. The number of fused-ring (bicyclic) bond motifs is 1. The van der Waals surface area contributed by atoms with Gasteiger partial charge in [0.05, 0.1) is 35.6 Å². The molecular formula is C24H30F3N2O4-. The number of aromatic carboxylic acids is 1. The minimum absolute atomic E-state index is 0.163. The predicted molar refractivity (Wildman–Crippen MR) is 118 cm³/mol. The van der Waals surface area contributed by atoms with E-state index < -0.39 is 51.0 Å². The van der Waals surface area contributed by atoms with Crippen LogP contribution in [0.2, 0.25) is 0 Å². The van der Waals surface area contributed by atoms with Crippen LogP contribution in [0.15, 0.2) is 11.0 Å². The third-order valence-electron chi connectivity index (χ3n) is 6.12. The molecular weight excluding hydrogens is 437 g/mol. The van der Waals surface area contributed by atoms with Gasteiger partial charge < -0.3 is 24.1 Å². The zero-order chi connectivity index (χ0) is 24.0.